The Morgan fingerprint density at radius 2 is 1.88 bits per heavy atom. The van der Waals surface area contributed by atoms with Crippen LogP contribution in [0, 0.1) is 11.3 Å². The van der Waals surface area contributed by atoms with Gasteiger partial charge in [-0.2, -0.15) is 0 Å². The lowest BCUT2D eigenvalue weighted by Gasteiger charge is -2.52. The van der Waals surface area contributed by atoms with E-state index >= 15 is 0 Å². The molecule has 0 aromatic carbocycles. The Morgan fingerprint density at radius 1 is 1.25 bits per heavy atom. The number of halogens is 1. The minimum atomic E-state index is 0.378. The van der Waals surface area contributed by atoms with Crippen molar-refractivity contribution in [2.45, 2.75) is 76.3 Å². The van der Waals surface area contributed by atoms with E-state index in [0.29, 0.717) is 22.5 Å². The highest BCUT2D eigenvalue weighted by molar-refractivity contribution is 9.09. The molecule has 0 spiro atoms. The van der Waals surface area contributed by atoms with Gasteiger partial charge in [0.1, 0.15) is 0 Å². The van der Waals surface area contributed by atoms with E-state index < -0.39 is 0 Å². The highest BCUT2D eigenvalue weighted by Gasteiger charge is 2.50. The zero-order valence-corrected chi connectivity index (χ0v) is 12.4. The fourth-order valence-corrected chi connectivity index (χ4v) is 3.98. The maximum atomic E-state index is 6.32. The monoisotopic (exact) mass is 288 g/mol. The average molecular weight is 289 g/mol. The van der Waals surface area contributed by atoms with Crippen LogP contribution in [-0.4, -0.2) is 17.0 Å². The van der Waals surface area contributed by atoms with E-state index in [1.54, 1.807) is 0 Å². The van der Waals surface area contributed by atoms with Gasteiger partial charge >= 0.3 is 0 Å². The molecule has 0 radical (unpaired) electrons. The van der Waals surface area contributed by atoms with Crippen molar-refractivity contribution in [3.63, 3.8) is 0 Å². The van der Waals surface area contributed by atoms with Gasteiger partial charge in [-0.05, 0) is 44.4 Å². The van der Waals surface area contributed by atoms with Crippen LogP contribution in [0.4, 0.5) is 0 Å². The second kappa shape index (κ2) is 4.97. The molecule has 0 amide bonds. The summed E-state index contributed by atoms with van der Waals surface area (Å²) in [5.74, 6) is 0.919. The van der Waals surface area contributed by atoms with Crippen molar-refractivity contribution in [3.05, 3.63) is 0 Å². The van der Waals surface area contributed by atoms with E-state index in [1.807, 2.05) is 0 Å². The van der Waals surface area contributed by atoms with E-state index in [0.717, 1.165) is 5.92 Å². The molecule has 1 nitrogen and oxygen atoms in total. The van der Waals surface area contributed by atoms with Crippen LogP contribution in [0.2, 0.25) is 0 Å². The molecule has 2 aliphatic carbocycles. The summed E-state index contributed by atoms with van der Waals surface area (Å²) in [6, 6.07) is 0. The Labute approximate surface area is 108 Å². The molecule has 94 valence electrons. The first-order chi connectivity index (χ1) is 7.56. The average Bonchev–Trinajstić information content (AvgIpc) is 2.30. The molecule has 0 bridgehead atoms. The summed E-state index contributed by atoms with van der Waals surface area (Å²) in [6.07, 6.45) is 8.75. The smallest absolute Gasteiger partial charge is 0.0653 e. The van der Waals surface area contributed by atoms with Gasteiger partial charge < -0.3 is 4.74 Å². The number of hydrogen-bond acceptors (Lipinski definition) is 1. The maximum absolute atomic E-state index is 6.32. The van der Waals surface area contributed by atoms with Gasteiger partial charge in [-0.3, -0.25) is 0 Å². The number of hydrogen-bond donors (Lipinski definition) is 0. The van der Waals surface area contributed by atoms with Crippen molar-refractivity contribution >= 4 is 15.9 Å². The van der Waals surface area contributed by atoms with E-state index in [9.17, 15) is 0 Å². The highest BCUT2D eigenvalue weighted by atomic mass is 79.9. The standard InChI is InChI=1S/C14H25BrO/c1-4-14(3)12(15)9-13(14)16-11-7-5-10(2)6-8-11/h10-13H,4-9H2,1-3H3. The fourth-order valence-electron chi connectivity index (χ4n) is 3.03. The third-order valence-corrected chi connectivity index (χ3v) is 6.37. The first-order valence-corrected chi connectivity index (χ1v) is 7.77. The van der Waals surface area contributed by atoms with Crippen LogP contribution >= 0.6 is 15.9 Å². The van der Waals surface area contributed by atoms with Crippen molar-refractivity contribution in [2.75, 3.05) is 0 Å². The van der Waals surface area contributed by atoms with Crippen LogP contribution in [-0.2, 0) is 4.74 Å². The first-order valence-electron chi connectivity index (χ1n) is 6.85. The Bertz CT molecular complexity index is 235. The lowest BCUT2D eigenvalue weighted by molar-refractivity contribution is -0.140. The molecule has 3 unspecified atom stereocenters. The predicted octanol–water partition coefficient (Wildman–Crippen LogP) is 4.53. The van der Waals surface area contributed by atoms with Gasteiger partial charge in [-0.15, -0.1) is 0 Å². The molecule has 16 heavy (non-hydrogen) atoms. The summed E-state index contributed by atoms with van der Waals surface area (Å²) in [5.41, 5.74) is 0.378. The van der Waals surface area contributed by atoms with Crippen LogP contribution < -0.4 is 0 Å². The molecule has 0 saturated heterocycles. The molecule has 2 rings (SSSR count). The van der Waals surface area contributed by atoms with Gasteiger partial charge in [0.2, 0.25) is 0 Å². The summed E-state index contributed by atoms with van der Waals surface area (Å²) < 4.78 is 6.32. The first kappa shape index (κ1) is 12.9. The van der Waals surface area contributed by atoms with Crippen LogP contribution in [0.5, 0.6) is 0 Å². The lowest BCUT2D eigenvalue weighted by atomic mass is 9.65. The van der Waals surface area contributed by atoms with Crippen molar-refractivity contribution in [2.24, 2.45) is 11.3 Å². The summed E-state index contributed by atoms with van der Waals surface area (Å²) in [6.45, 7) is 7.02. The number of rotatable bonds is 3. The Balaban J connectivity index is 1.82. The van der Waals surface area contributed by atoms with Crippen LogP contribution in [0.25, 0.3) is 0 Å². The molecule has 0 heterocycles. The molecule has 0 aromatic rings. The predicted molar refractivity (Wildman–Crippen MR) is 72.0 cm³/mol. The van der Waals surface area contributed by atoms with Gasteiger partial charge in [0.15, 0.2) is 0 Å². The van der Waals surface area contributed by atoms with E-state index in [4.69, 9.17) is 4.74 Å². The Kier molecular flexibility index (Phi) is 4.01. The van der Waals surface area contributed by atoms with E-state index in [-0.39, 0.29) is 0 Å². The van der Waals surface area contributed by atoms with Gasteiger partial charge in [0, 0.05) is 10.2 Å². The quantitative estimate of drug-likeness (QED) is 0.693. The van der Waals surface area contributed by atoms with Crippen molar-refractivity contribution in [1.29, 1.82) is 0 Å². The van der Waals surface area contributed by atoms with Crippen molar-refractivity contribution < 1.29 is 4.74 Å². The zero-order valence-electron chi connectivity index (χ0n) is 10.8. The lowest BCUT2D eigenvalue weighted by Crippen LogP contribution is -2.54. The Morgan fingerprint density at radius 3 is 2.38 bits per heavy atom. The van der Waals surface area contributed by atoms with Crippen LogP contribution in [0.15, 0.2) is 0 Å². The second-order valence-electron chi connectivity index (χ2n) is 6.07. The third kappa shape index (κ3) is 2.33. The largest absolute Gasteiger partial charge is 0.374 e. The van der Waals surface area contributed by atoms with Gasteiger partial charge in [0.25, 0.3) is 0 Å². The summed E-state index contributed by atoms with van der Waals surface area (Å²) in [7, 11) is 0. The highest BCUT2D eigenvalue weighted by Crippen LogP contribution is 2.51. The molecular formula is C14H25BrO. The van der Waals surface area contributed by atoms with E-state index in [1.165, 1.54) is 38.5 Å². The normalized spacial score (nSPS) is 48.8. The molecule has 2 aliphatic rings. The van der Waals surface area contributed by atoms with Crippen LogP contribution in [0.1, 0.15) is 59.3 Å². The van der Waals surface area contributed by atoms with Gasteiger partial charge in [-0.25, -0.2) is 0 Å². The molecule has 2 fully saturated rings. The number of alkyl halides is 1. The molecular weight excluding hydrogens is 264 g/mol. The van der Waals surface area contributed by atoms with Gasteiger partial charge in [0.05, 0.1) is 12.2 Å². The summed E-state index contributed by atoms with van der Waals surface area (Å²) in [4.78, 5) is 0.664. The molecule has 2 saturated carbocycles. The zero-order chi connectivity index (χ0) is 11.8. The van der Waals surface area contributed by atoms with Crippen molar-refractivity contribution in [3.8, 4) is 0 Å². The second-order valence-corrected chi connectivity index (χ2v) is 7.17. The number of ether oxygens (including phenoxy) is 1. The molecule has 0 aliphatic heterocycles. The summed E-state index contributed by atoms with van der Waals surface area (Å²) in [5, 5.41) is 0. The minimum Gasteiger partial charge on any atom is -0.374 e. The topological polar surface area (TPSA) is 9.23 Å². The maximum Gasteiger partial charge on any atom is 0.0653 e. The van der Waals surface area contributed by atoms with Crippen LogP contribution in [0.3, 0.4) is 0 Å². The molecule has 0 aromatic heterocycles. The summed E-state index contributed by atoms with van der Waals surface area (Å²) >= 11 is 3.78. The molecule has 2 heteroatoms. The third-order valence-electron chi connectivity index (χ3n) is 4.95. The van der Waals surface area contributed by atoms with E-state index in [2.05, 4.69) is 36.7 Å². The SMILES string of the molecule is CCC1(C)C(Br)CC1OC1CCC(C)CC1. The minimum absolute atomic E-state index is 0.378. The molecule has 3 atom stereocenters. The molecule has 0 N–H and O–H groups in total. The van der Waals surface area contributed by atoms with Crippen molar-refractivity contribution in [1.82, 2.24) is 0 Å². The Hall–Kier alpha value is 0.440. The fraction of sp³-hybridized carbons (Fsp3) is 1.00. The van der Waals surface area contributed by atoms with Gasteiger partial charge in [-0.1, -0.05) is 36.7 Å².